The first kappa shape index (κ1) is 13.6. The third-order valence-electron chi connectivity index (χ3n) is 2.92. The van der Waals surface area contributed by atoms with Gasteiger partial charge in [-0.25, -0.2) is 8.42 Å². The zero-order valence-electron chi connectivity index (χ0n) is 10.6. The summed E-state index contributed by atoms with van der Waals surface area (Å²) >= 11 is 0. The molecule has 0 unspecified atom stereocenters. The van der Waals surface area contributed by atoms with Crippen LogP contribution in [0.5, 0.6) is 0 Å². The fourth-order valence-corrected chi connectivity index (χ4v) is 2.49. The molecule has 0 radical (unpaired) electrons. The van der Waals surface area contributed by atoms with Gasteiger partial charge in [-0.2, -0.15) is 0 Å². The van der Waals surface area contributed by atoms with E-state index in [1.165, 1.54) is 0 Å². The van der Waals surface area contributed by atoms with E-state index in [0.29, 0.717) is 11.2 Å². The van der Waals surface area contributed by atoms with Gasteiger partial charge >= 0.3 is 0 Å². The van der Waals surface area contributed by atoms with E-state index in [9.17, 15) is 13.2 Å². The summed E-state index contributed by atoms with van der Waals surface area (Å²) < 4.78 is 22.7. The van der Waals surface area contributed by atoms with Gasteiger partial charge in [0, 0.05) is 17.7 Å². The van der Waals surface area contributed by atoms with Crippen LogP contribution in [0.1, 0.15) is 6.92 Å². The lowest BCUT2D eigenvalue weighted by atomic mass is 10.2. The van der Waals surface area contributed by atoms with Gasteiger partial charge in [-0.15, -0.1) is 0 Å². The Bertz CT molecular complexity index is 735. The van der Waals surface area contributed by atoms with Crippen molar-refractivity contribution < 1.29 is 8.42 Å². The summed E-state index contributed by atoms with van der Waals surface area (Å²) in [7, 11) is -3.00. The smallest absolute Gasteiger partial charge is 0.257 e. The van der Waals surface area contributed by atoms with Crippen LogP contribution in [0.3, 0.4) is 0 Å². The van der Waals surface area contributed by atoms with Gasteiger partial charge in [0.15, 0.2) is 9.84 Å². The first-order valence-electron chi connectivity index (χ1n) is 6.08. The largest absolute Gasteiger partial charge is 0.371 e. The van der Waals surface area contributed by atoms with Crippen molar-refractivity contribution in [3.05, 3.63) is 40.7 Å². The Hall–Kier alpha value is -1.82. The van der Waals surface area contributed by atoms with Crippen molar-refractivity contribution >= 4 is 26.4 Å². The fraction of sp³-hybridized carbons (Fsp3) is 0.308. The van der Waals surface area contributed by atoms with E-state index in [0.717, 1.165) is 5.39 Å². The molecule has 1 aromatic carbocycles. The molecule has 0 aliphatic carbocycles. The van der Waals surface area contributed by atoms with Crippen LogP contribution in [0.25, 0.3) is 10.8 Å². The Balaban J connectivity index is 2.16. The number of hydrogen-bond donors (Lipinski definition) is 2. The topological polar surface area (TPSA) is 79.0 Å². The van der Waals surface area contributed by atoms with E-state index in [1.807, 2.05) is 12.1 Å². The van der Waals surface area contributed by atoms with Crippen molar-refractivity contribution in [2.45, 2.75) is 6.92 Å². The lowest BCUT2D eigenvalue weighted by molar-refractivity contribution is 0.597. The summed E-state index contributed by atoms with van der Waals surface area (Å²) in [5.74, 6) is 0.719. The van der Waals surface area contributed by atoms with E-state index in [2.05, 4.69) is 10.3 Å². The van der Waals surface area contributed by atoms with Crippen LogP contribution in [-0.4, -0.2) is 31.5 Å². The second-order valence-electron chi connectivity index (χ2n) is 4.26. The van der Waals surface area contributed by atoms with Gasteiger partial charge in [-0.3, -0.25) is 4.79 Å². The number of anilines is 1. The molecule has 0 fully saturated rings. The van der Waals surface area contributed by atoms with Crippen LogP contribution in [0.4, 0.5) is 5.82 Å². The molecule has 0 bridgehead atoms. The molecule has 0 spiro atoms. The zero-order valence-corrected chi connectivity index (χ0v) is 11.5. The number of benzene rings is 1. The van der Waals surface area contributed by atoms with Gasteiger partial charge < -0.3 is 10.3 Å². The maximum absolute atomic E-state index is 11.8. The number of sulfone groups is 1. The molecule has 0 saturated heterocycles. The molecule has 5 nitrogen and oxygen atoms in total. The number of nitrogens with one attached hydrogen (secondary N) is 2. The SMILES string of the molecule is CCS(=O)(=O)CCNc1cc2ccccc2c(=O)[nH]1. The van der Waals surface area contributed by atoms with Crippen molar-refractivity contribution in [2.24, 2.45) is 0 Å². The number of rotatable bonds is 5. The number of fused-ring (bicyclic) bond motifs is 1. The highest BCUT2D eigenvalue weighted by atomic mass is 32.2. The molecule has 0 saturated carbocycles. The van der Waals surface area contributed by atoms with Crippen LogP contribution in [0, 0.1) is 0 Å². The minimum atomic E-state index is -3.00. The second-order valence-corrected chi connectivity index (χ2v) is 6.74. The Morgan fingerprint density at radius 2 is 2.00 bits per heavy atom. The molecule has 0 aliphatic heterocycles. The molecular formula is C13H16N2O3S. The van der Waals surface area contributed by atoms with Crippen molar-refractivity contribution in [3.8, 4) is 0 Å². The minimum Gasteiger partial charge on any atom is -0.371 e. The lowest BCUT2D eigenvalue weighted by Gasteiger charge is -2.07. The van der Waals surface area contributed by atoms with E-state index < -0.39 is 9.84 Å². The zero-order chi connectivity index (χ0) is 13.9. The van der Waals surface area contributed by atoms with E-state index in [1.54, 1.807) is 25.1 Å². The van der Waals surface area contributed by atoms with E-state index >= 15 is 0 Å². The Kier molecular flexibility index (Phi) is 3.90. The van der Waals surface area contributed by atoms with Crippen molar-refractivity contribution in [3.63, 3.8) is 0 Å². The molecule has 2 rings (SSSR count). The summed E-state index contributed by atoms with van der Waals surface area (Å²) in [5.41, 5.74) is -0.182. The molecule has 0 aliphatic rings. The fourth-order valence-electron chi connectivity index (χ4n) is 1.79. The van der Waals surface area contributed by atoms with Crippen molar-refractivity contribution in [1.82, 2.24) is 4.98 Å². The predicted molar refractivity (Wildman–Crippen MR) is 77.4 cm³/mol. The molecule has 0 amide bonds. The first-order chi connectivity index (χ1) is 9.02. The molecule has 2 N–H and O–H groups in total. The van der Waals surface area contributed by atoms with Crippen LogP contribution in [0.15, 0.2) is 35.1 Å². The normalized spacial score (nSPS) is 11.6. The molecular weight excluding hydrogens is 264 g/mol. The van der Waals surface area contributed by atoms with Crippen LogP contribution in [0.2, 0.25) is 0 Å². The number of H-pyrrole nitrogens is 1. The quantitative estimate of drug-likeness (QED) is 0.867. The minimum absolute atomic E-state index is 0.0539. The highest BCUT2D eigenvalue weighted by Gasteiger charge is 2.07. The van der Waals surface area contributed by atoms with E-state index in [4.69, 9.17) is 0 Å². The number of hydrogen-bond acceptors (Lipinski definition) is 4. The average molecular weight is 280 g/mol. The Labute approximate surface area is 111 Å². The van der Waals surface area contributed by atoms with Crippen LogP contribution in [-0.2, 0) is 9.84 Å². The van der Waals surface area contributed by atoms with Crippen LogP contribution >= 0.6 is 0 Å². The molecule has 1 aromatic heterocycles. The first-order valence-corrected chi connectivity index (χ1v) is 7.90. The highest BCUT2D eigenvalue weighted by molar-refractivity contribution is 7.91. The monoisotopic (exact) mass is 280 g/mol. The predicted octanol–water partition coefficient (Wildman–Crippen LogP) is 1.37. The maximum Gasteiger partial charge on any atom is 0.257 e. The molecule has 0 atom stereocenters. The highest BCUT2D eigenvalue weighted by Crippen LogP contribution is 2.12. The third-order valence-corrected chi connectivity index (χ3v) is 4.63. The number of pyridine rings is 1. The third kappa shape index (κ3) is 3.35. The second kappa shape index (κ2) is 5.44. The standard InChI is InChI=1S/C13H16N2O3S/c1-2-19(17,18)8-7-14-12-9-10-5-3-4-6-11(10)13(16)15-12/h3-6,9H,2,7-8H2,1H3,(H2,14,15,16). The van der Waals surface area contributed by atoms with E-state index in [-0.39, 0.29) is 23.6 Å². The Morgan fingerprint density at radius 1 is 1.26 bits per heavy atom. The molecule has 2 aromatic rings. The van der Waals surface area contributed by atoms with Gasteiger partial charge in [-0.1, -0.05) is 25.1 Å². The van der Waals surface area contributed by atoms with Gasteiger partial charge in [0.1, 0.15) is 5.82 Å². The number of aromatic amines is 1. The molecule has 19 heavy (non-hydrogen) atoms. The summed E-state index contributed by atoms with van der Waals surface area (Å²) in [6.45, 7) is 1.90. The van der Waals surface area contributed by atoms with Gasteiger partial charge in [0.2, 0.25) is 0 Å². The summed E-state index contributed by atoms with van der Waals surface area (Å²) in [6, 6.07) is 9.05. The van der Waals surface area contributed by atoms with Crippen molar-refractivity contribution in [1.29, 1.82) is 0 Å². The molecule has 6 heteroatoms. The summed E-state index contributed by atoms with van der Waals surface area (Å²) in [6.07, 6.45) is 0. The lowest BCUT2D eigenvalue weighted by Crippen LogP contribution is -2.19. The Morgan fingerprint density at radius 3 is 2.74 bits per heavy atom. The summed E-state index contributed by atoms with van der Waals surface area (Å²) in [4.78, 5) is 14.5. The summed E-state index contributed by atoms with van der Waals surface area (Å²) in [5, 5.41) is 4.38. The van der Waals surface area contributed by atoms with Crippen molar-refractivity contribution in [2.75, 3.05) is 23.4 Å². The van der Waals surface area contributed by atoms with Gasteiger partial charge in [0.05, 0.1) is 5.75 Å². The van der Waals surface area contributed by atoms with Gasteiger partial charge in [-0.05, 0) is 17.5 Å². The average Bonchev–Trinajstić information content (AvgIpc) is 2.39. The number of aromatic nitrogens is 1. The van der Waals surface area contributed by atoms with Gasteiger partial charge in [0.25, 0.3) is 5.56 Å². The maximum atomic E-state index is 11.8. The van der Waals surface area contributed by atoms with Crippen LogP contribution < -0.4 is 10.9 Å². The molecule has 102 valence electrons. The molecule has 1 heterocycles.